The Morgan fingerprint density at radius 1 is 1.16 bits per heavy atom. The van der Waals surface area contributed by atoms with Gasteiger partial charge in [0.05, 0.1) is 17.6 Å². The molecular formula is C24H27F2N7O3S. The third kappa shape index (κ3) is 3.72. The van der Waals surface area contributed by atoms with Gasteiger partial charge in [0.25, 0.3) is 10.9 Å². The van der Waals surface area contributed by atoms with Crippen LogP contribution in [0.15, 0.2) is 18.6 Å². The van der Waals surface area contributed by atoms with Crippen molar-refractivity contribution in [2.24, 2.45) is 0 Å². The van der Waals surface area contributed by atoms with E-state index in [9.17, 15) is 17.6 Å². The SMILES string of the molecule is C[C@@H]1CN(c2ncnc3c2C(C)(C)CN3c2cnc(C#N)c(F)c2)[C@@H](C)CN1C(=O)[C@@]1(F)CCS1(=O)=O. The predicted octanol–water partition coefficient (Wildman–Crippen LogP) is 2.22. The molecule has 2 fully saturated rings. The fourth-order valence-corrected chi connectivity index (χ4v) is 6.70. The molecule has 0 unspecified atom stereocenters. The van der Waals surface area contributed by atoms with Crippen molar-refractivity contribution in [2.75, 3.05) is 35.2 Å². The van der Waals surface area contributed by atoms with Crippen LogP contribution in [0.1, 0.15) is 45.4 Å². The Hall–Kier alpha value is -3.40. The van der Waals surface area contributed by atoms with E-state index in [2.05, 4.69) is 15.0 Å². The van der Waals surface area contributed by atoms with E-state index in [0.29, 0.717) is 30.4 Å². The summed E-state index contributed by atoms with van der Waals surface area (Å²) in [5, 5.41) is 6.17. The zero-order chi connectivity index (χ0) is 26.9. The first-order valence-corrected chi connectivity index (χ1v) is 13.6. The van der Waals surface area contributed by atoms with Crippen LogP contribution in [0.25, 0.3) is 0 Å². The lowest BCUT2D eigenvalue weighted by Crippen LogP contribution is -2.66. The van der Waals surface area contributed by atoms with Gasteiger partial charge in [-0.2, -0.15) is 5.26 Å². The molecule has 196 valence electrons. The number of piperazine rings is 1. The second-order valence-corrected chi connectivity index (χ2v) is 12.9. The van der Waals surface area contributed by atoms with Crippen LogP contribution < -0.4 is 9.80 Å². The van der Waals surface area contributed by atoms with Crippen LogP contribution in [0, 0.1) is 17.1 Å². The number of carbonyl (C=O) groups is 1. The van der Waals surface area contributed by atoms with Gasteiger partial charge in [-0.3, -0.25) is 4.79 Å². The van der Waals surface area contributed by atoms with E-state index in [1.54, 1.807) is 13.0 Å². The van der Waals surface area contributed by atoms with Crippen molar-refractivity contribution in [3.63, 3.8) is 0 Å². The van der Waals surface area contributed by atoms with Gasteiger partial charge in [0.15, 0.2) is 21.3 Å². The summed E-state index contributed by atoms with van der Waals surface area (Å²) in [6.07, 6.45) is 2.54. The molecule has 0 saturated carbocycles. The van der Waals surface area contributed by atoms with Gasteiger partial charge < -0.3 is 14.7 Å². The summed E-state index contributed by atoms with van der Waals surface area (Å²) in [6.45, 7) is 8.59. The first-order valence-electron chi connectivity index (χ1n) is 12.0. The lowest BCUT2D eigenvalue weighted by Gasteiger charge is -2.47. The van der Waals surface area contributed by atoms with Crippen molar-refractivity contribution >= 4 is 33.1 Å². The number of nitriles is 1. The molecular weight excluding hydrogens is 504 g/mol. The molecule has 1 amide bonds. The number of alkyl halides is 1. The van der Waals surface area contributed by atoms with E-state index >= 15 is 4.39 Å². The molecule has 10 nitrogen and oxygen atoms in total. The highest BCUT2D eigenvalue weighted by molar-refractivity contribution is 7.94. The summed E-state index contributed by atoms with van der Waals surface area (Å²) in [5.74, 6) is -0.800. The summed E-state index contributed by atoms with van der Waals surface area (Å²) in [7, 11) is -4.09. The van der Waals surface area contributed by atoms with Gasteiger partial charge in [-0.15, -0.1) is 0 Å². The summed E-state index contributed by atoms with van der Waals surface area (Å²) in [6, 6.07) is 2.23. The van der Waals surface area contributed by atoms with Gasteiger partial charge in [-0.25, -0.2) is 32.2 Å². The summed E-state index contributed by atoms with van der Waals surface area (Å²) < 4.78 is 53.4. The van der Waals surface area contributed by atoms with Crippen molar-refractivity contribution in [1.29, 1.82) is 5.26 Å². The number of halogens is 2. The fourth-order valence-electron chi connectivity index (χ4n) is 5.42. The maximum absolute atomic E-state index is 15.1. The molecule has 37 heavy (non-hydrogen) atoms. The molecule has 0 aromatic carbocycles. The monoisotopic (exact) mass is 531 g/mol. The highest BCUT2D eigenvalue weighted by Crippen LogP contribution is 2.47. The Bertz CT molecular complexity index is 1440. The molecule has 2 saturated heterocycles. The number of amides is 1. The molecule has 2 aromatic heterocycles. The second-order valence-electron chi connectivity index (χ2n) is 10.6. The van der Waals surface area contributed by atoms with Crippen molar-refractivity contribution < 1.29 is 22.0 Å². The van der Waals surface area contributed by atoms with Crippen LogP contribution in [0.3, 0.4) is 0 Å². The molecule has 3 aliphatic heterocycles. The molecule has 0 bridgehead atoms. The van der Waals surface area contributed by atoms with Crippen LogP contribution in [0.5, 0.6) is 0 Å². The normalized spacial score (nSPS) is 27.9. The first kappa shape index (κ1) is 25.3. The Balaban J connectivity index is 1.47. The van der Waals surface area contributed by atoms with Crippen LogP contribution >= 0.6 is 0 Å². The van der Waals surface area contributed by atoms with Gasteiger partial charge in [-0.05, 0) is 13.8 Å². The minimum Gasteiger partial charge on any atom is -0.350 e. The van der Waals surface area contributed by atoms with Crippen molar-refractivity contribution in [1.82, 2.24) is 19.9 Å². The largest absolute Gasteiger partial charge is 0.350 e. The van der Waals surface area contributed by atoms with E-state index in [1.807, 2.05) is 30.6 Å². The maximum atomic E-state index is 15.1. The van der Waals surface area contributed by atoms with Gasteiger partial charge >= 0.3 is 0 Å². The van der Waals surface area contributed by atoms with Crippen LogP contribution in [-0.2, 0) is 20.0 Å². The number of fused-ring (bicyclic) bond motifs is 1. The second kappa shape index (κ2) is 8.31. The average molecular weight is 532 g/mol. The third-order valence-corrected chi connectivity index (χ3v) is 9.67. The standard InChI is InChI=1S/C24H27F2N7O3S/c1-14-11-32(22(34)24(26)5-6-37(24,35)36)15(2)10-31(14)20-19-21(30-13-29-20)33(12-23(19,3)4)16-7-17(25)18(8-27)28-9-16/h7,9,13-15H,5-6,10-12H2,1-4H3/t14-,15+,24+/m0/s1. The Kier molecular flexibility index (Phi) is 5.67. The van der Waals surface area contributed by atoms with E-state index in [4.69, 9.17) is 5.26 Å². The Morgan fingerprint density at radius 2 is 1.86 bits per heavy atom. The van der Waals surface area contributed by atoms with Gasteiger partial charge in [0.2, 0.25) is 0 Å². The minimum atomic E-state index is -4.09. The Morgan fingerprint density at radius 3 is 2.46 bits per heavy atom. The molecule has 0 aliphatic carbocycles. The topological polar surface area (TPSA) is 123 Å². The molecule has 3 aliphatic rings. The highest BCUT2D eigenvalue weighted by Gasteiger charge is 2.61. The summed E-state index contributed by atoms with van der Waals surface area (Å²) in [5.41, 5.74) is 0.558. The number of sulfone groups is 1. The maximum Gasteiger partial charge on any atom is 0.288 e. The number of pyridine rings is 1. The van der Waals surface area contributed by atoms with Crippen molar-refractivity contribution in [3.05, 3.63) is 35.7 Å². The van der Waals surface area contributed by atoms with E-state index in [1.165, 1.54) is 23.5 Å². The summed E-state index contributed by atoms with van der Waals surface area (Å²) >= 11 is 0. The lowest BCUT2D eigenvalue weighted by molar-refractivity contribution is -0.142. The summed E-state index contributed by atoms with van der Waals surface area (Å²) in [4.78, 5) is 31.1. The number of rotatable bonds is 3. The molecule has 2 aromatic rings. The number of hydrogen-bond acceptors (Lipinski definition) is 9. The molecule has 0 radical (unpaired) electrons. The molecule has 0 N–H and O–H groups in total. The molecule has 0 spiro atoms. The van der Waals surface area contributed by atoms with Gasteiger partial charge in [-0.1, -0.05) is 13.8 Å². The smallest absolute Gasteiger partial charge is 0.288 e. The van der Waals surface area contributed by atoms with E-state index in [-0.39, 0.29) is 30.5 Å². The number of carbonyl (C=O) groups excluding carboxylic acids is 1. The minimum absolute atomic E-state index is 0.134. The first-order chi connectivity index (χ1) is 17.3. The van der Waals surface area contributed by atoms with Gasteiger partial charge in [0, 0.05) is 55.2 Å². The predicted molar refractivity (Wildman–Crippen MR) is 131 cm³/mol. The number of anilines is 3. The van der Waals surface area contributed by atoms with Crippen LogP contribution in [-0.4, -0.2) is 76.6 Å². The highest BCUT2D eigenvalue weighted by atomic mass is 32.2. The van der Waals surface area contributed by atoms with E-state index in [0.717, 1.165) is 5.56 Å². The zero-order valence-electron chi connectivity index (χ0n) is 20.9. The van der Waals surface area contributed by atoms with Gasteiger partial charge in [0.1, 0.15) is 24.0 Å². The molecule has 5 heterocycles. The fraction of sp³-hybridized carbons (Fsp3) is 0.542. The molecule has 13 heteroatoms. The molecule has 3 atom stereocenters. The number of nitrogens with zero attached hydrogens (tertiary/aromatic N) is 7. The van der Waals surface area contributed by atoms with Crippen molar-refractivity contribution in [3.8, 4) is 6.07 Å². The zero-order valence-corrected chi connectivity index (χ0v) is 21.8. The molecule has 5 rings (SSSR count). The van der Waals surface area contributed by atoms with Crippen molar-refractivity contribution in [2.45, 2.75) is 56.6 Å². The number of aromatic nitrogens is 3. The quantitative estimate of drug-likeness (QED) is 0.586. The average Bonchev–Trinajstić information content (AvgIpc) is 3.14. The Labute approximate surface area is 213 Å². The van der Waals surface area contributed by atoms with E-state index < -0.39 is 38.0 Å². The van der Waals surface area contributed by atoms with Crippen LogP contribution in [0.4, 0.5) is 26.1 Å². The number of hydrogen-bond donors (Lipinski definition) is 0. The lowest BCUT2D eigenvalue weighted by atomic mass is 9.87. The third-order valence-electron chi connectivity index (χ3n) is 7.56. The van der Waals surface area contributed by atoms with Crippen LogP contribution in [0.2, 0.25) is 0 Å².